The van der Waals surface area contributed by atoms with E-state index in [1.54, 1.807) is 25.1 Å². The SMILES string of the molecule is C[C@]1(c2ccccc2)NC(=O)N(Cc2cccc(Cl)c2)C1=O. The van der Waals surface area contributed by atoms with Crippen molar-refractivity contribution >= 4 is 23.5 Å². The second-order valence-corrected chi connectivity index (χ2v) is 5.88. The molecular formula is C17H15ClN2O2. The van der Waals surface area contributed by atoms with Gasteiger partial charge in [0.15, 0.2) is 0 Å². The zero-order chi connectivity index (χ0) is 15.7. The van der Waals surface area contributed by atoms with E-state index in [4.69, 9.17) is 11.6 Å². The van der Waals surface area contributed by atoms with Crippen molar-refractivity contribution in [1.29, 1.82) is 0 Å². The minimum absolute atomic E-state index is 0.202. The van der Waals surface area contributed by atoms with Crippen LogP contribution in [-0.2, 0) is 16.9 Å². The quantitative estimate of drug-likeness (QED) is 0.884. The molecule has 0 bridgehead atoms. The van der Waals surface area contributed by atoms with Gasteiger partial charge in [-0.25, -0.2) is 4.79 Å². The van der Waals surface area contributed by atoms with Crippen molar-refractivity contribution < 1.29 is 9.59 Å². The number of rotatable bonds is 3. The van der Waals surface area contributed by atoms with Crippen LogP contribution in [0.5, 0.6) is 0 Å². The van der Waals surface area contributed by atoms with Crippen molar-refractivity contribution in [1.82, 2.24) is 10.2 Å². The van der Waals surface area contributed by atoms with E-state index >= 15 is 0 Å². The van der Waals surface area contributed by atoms with E-state index in [9.17, 15) is 9.59 Å². The van der Waals surface area contributed by atoms with Gasteiger partial charge < -0.3 is 5.32 Å². The van der Waals surface area contributed by atoms with Crippen LogP contribution in [0.3, 0.4) is 0 Å². The Morgan fingerprint density at radius 3 is 2.50 bits per heavy atom. The first-order valence-electron chi connectivity index (χ1n) is 6.95. The average molecular weight is 315 g/mol. The lowest BCUT2D eigenvalue weighted by Crippen LogP contribution is -2.40. The molecule has 2 aromatic carbocycles. The molecule has 0 aromatic heterocycles. The minimum atomic E-state index is -1.03. The predicted molar refractivity (Wildman–Crippen MR) is 84.3 cm³/mol. The van der Waals surface area contributed by atoms with Gasteiger partial charge in [-0.2, -0.15) is 0 Å². The van der Waals surface area contributed by atoms with Gasteiger partial charge in [-0.05, 0) is 30.2 Å². The van der Waals surface area contributed by atoms with Gasteiger partial charge in [0.1, 0.15) is 5.54 Å². The van der Waals surface area contributed by atoms with E-state index in [0.29, 0.717) is 5.02 Å². The van der Waals surface area contributed by atoms with Gasteiger partial charge in [-0.3, -0.25) is 9.69 Å². The third-order valence-electron chi connectivity index (χ3n) is 3.86. The van der Waals surface area contributed by atoms with Crippen LogP contribution in [0.4, 0.5) is 4.79 Å². The van der Waals surface area contributed by atoms with Crippen LogP contribution in [0.1, 0.15) is 18.1 Å². The molecule has 3 amide bonds. The lowest BCUT2D eigenvalue weighted by atomic mass is 9.92. The molecule has 1 atom stereocenters. The van der Waals surface area contributed by atoms with E-state index in [-0.39, 0.29) is 12.5 Å². The maximum atomic E-state index is 12.7. The monoisotopic (exact) mass is 314 g/mol. The number of nitrogens with zero attached hydrogens (tertiary/aromatic N) is 1. The van der Waals surface area contributed by atoms with Crippen LogP contribution in [0.2, 0.25) is 5.02 Å². The van der Waals surface area contributed by atoms with Crippen LogP contribution in [0.15, 0.2) is 54.6 Å². The van der Waals surface area contributed by atoms with Crippen LogP contribution < -0.4 is 5.32 Å². The maximum Gasteiger partial charge on any atom is 0.325 e. The standard InChI is InChI=1S/C17H15ClN2O2/c1-17(13-7-3-2-4-8-13)15(21)20(16(22)19-17)11-12-6-5-9-14(18)10-12/h2-10H,11H2,1H3,(H,19,22)/t17-/m1/s1. The first kappa shape index (κ1) is 14.6. The van der Waals surface area contributed by atoms with Crippen molar-refractivity contribution in [2.45, 2.75) is 19.0 Å². The highest BCUT2D eigenvalue weighted by molar-refractivity contribution is 6.30. The lowest BCUT2D eigenvalue weighted by Gasteiger charge is -2.22. The van der Waals surface area contributed by atoms with Gasteiger partial charge in [-0.1, -0.05) is 54.1 Å². The topological polar surface area (TPSA) is 49.4 Å². The number of imide groups is 1. The number of hydrogen-bond acceptors (Lipinski definition) is 2. The summed E-state index contributed by atoms with van der Waals surface area (Å²) in [4.78, 5) is 26.2. The molecule has 4 nitrogen and oxygen atoms in total. The molecule has 0 aliphatic carbocycles. The summed E-state index contributed by atoms with van der Waals surface area (Å²) in [6.45, 7) is 1.92. The fourth-order valence-corrected chi connectivity index (χ4v) is 2.84. The fourth-order valence-electron chi connectivity index (χ4n) is 2.63. The normalized spacial score (nSPS) is 21.1. The smallest absolute Gasteiger partial charge is 0.319 e. The zero-order valence-corrected chi connectivity index (χ0v) is 12.8. The number of carbonyl (C=O) groups excluding carboxylic acids is 2. The van der Waals surface area contributed by atoms with Gasteiger partial charge in [0.2, 0.25) is 0 Å². The molecule has 1 aliphatic heterocycles. The van der Waals surface area contributed by atoms with Crippen molar-refractivity contribution in [3.63, 3.8) is 0 Å². The number of hydrogen-bond donors (Lipinski definition) is 1. The molecule has 0 saturated carbocycles. The zero-order valence-electron chi connectivity index (χ0n) is 12.0. The number of halogens is 1. The van der Waals surface area contributed by atoms with E-state index < -0.39 is 11.6 Å². The Morgan fingerprint density at radius 1 is 1.09 bits per heavy atom. The molecule has 1 aliphatic rings. The molecule has 112 valence electrons. The fraction of sp³-hybridized carbons (Fsp3) is 0.176. The molecule has 2 aromatic rings. The maximum absolute atomic E-state index is 12.7. The molecule has 5 heteroatoms. The predicted octanol–water partition coefficient (Wildman–Crippen LogP) is 3.31. The molecule has 0 spiro atoms. The summed E-state index contributed by atoms with van der Waals surface area (Å²) in [5.74, 6) is -0.260. The largest absolute Gasteiger partial charge is 0.325 e. The summed E-state index contributed by atoms with van der Waals surface area (Å²) in [6.07, 6.45) is 0. The highest BCUT2D eigenvalue weighted by Gasteiger charge is 2.48. The Balaban J connectivity index is 1.89. The first-order chi connectivity index (χ1) is 10.5. The second-order valence-electron chi connectivity index (χ2n) is 5.44. The number of urea groups is 1. The molecular weight excluding hydrogens is 300 g/mol. The first-order valence-corrected chi connectivity index (χ1v) is 7.32. The van der Waals surface area contributed by atoms with Crippen molar-refractivity contribution in [2.24, 2.45) is 0 Å². The average Bonchev–Trinajstić information content (AvgIpc) is 2.73. The van der Waals surface area contributed by atoms with E-state index in [0.717, 1.165) is 11.1 Å². The summed E-state index contributed by atoms with van der Waals surface area (Å²) >= 11 is 5.95. The molecule has 3 rings (SSSR count). The van der Waals surface area contributed by atoms with Crippen molar-refractivity contribution in [3.8, 4) is 0 Å². The minimum Gasteiger partial charge on any atom is -0.319 e. The van der Waals surface area contributed by atoms with Crippen molar-refractivity contribution in [2.75, 3.05) is 0 Å². The summed E-state index contributed by atoms with van der Waals surface area (Å²) in [5, 5.41) is 3.36. The van der Waals surface area contributed by atoms with E-state index in [1.165, 1.54) is 4.90 Å². The highest BCUT2D eigenvalue weighted by Crippen LogP contribution is 2.29. The molecule has 1 heterocycles. The van der Waals surface area contributed by atoms with Crippen LogP contribution in [-0.4, -0.2) is 16.8 Å². The van der Waals surface area contributed by atoms with Crippen LogP contribution in [0.25, 0.3) is 0 Å². The summed E-state index contributed by atoms with van der Waals surface area (Å²) in [6, 6.07) is 16.0. The van der Waals surface area contributed by atoms with Gasteiger partial charge >= 0.3 is 6.03 Å². The number of carbonyl (C=O) groups is 2. The lowest BCUT2D eigenvalue weighted by molar-refractivity contribution is -0.131. The third kappa shape index (κ3) is 2.46. The molecule has 0 radical (unpaired) electrons. The highest BCUT2D eigenvalue weighted by atomic mass is 35.5. The Kier molecular flexibility index (Phi) is 3.62. The van der Waals surface area contributed by atoms with E-state index in [1.807, 2.05) is 36.4 Å². The number of nitrogens with one attached hydrogen (secondary N) is 1. The van der Waals surface area contributed by atoms with Gasteiger partial charge in [0, 0.05) is 5.02 Å². The van der Waals surface area contributed by atoms with Gasteiger partial charge in [0.05, 0.1) is 6.54 Å². The van der Waals surface area contributed by atoms with Crippen LogP contribution in [0, 0.1) is 0 Å². The molecule has 22 heavy (non-hydrogen) atoms. The Morgan fingerprint density at radius 2 is 1.82 bits per heavy atom. The van der Waals surface area contributed by atoms with Gasteiger partial charge in [-0.15, -0.1) is 0 Å². The summed E-state index contributed by atoms with van der Waals surface area (Å²) in [7, 11) is 0. The van der Waals surface area contributed by atoms with Crippen LogP contribution >= 0.6 is 11.6 Å². The number of amides is 3. The van der Waals surface area contributed by atoms with Crippen molar-refractivity contribution in [3.05, 3.63) is 70.7 Å². The third-order valence-corrected chi connectivity index (χ3v) is 4.09. The molecule has 1 N–H and O–H groups in total. The summed E-state index contributed by atoms with van der Waals surface area (Å²) < 4.78 is 0. The molecule has 1 saturated heterocycles. The number of benzene rings is 2. The Hall–Kier alpha value is -2.33. The molecule has 0 unspecified atom stereocenters. The Bertz CT molecular complexity index is 732. The van der Waals surface area contributed by atoms with Gasteiger partial charge in [0.25, 0.3) is 5.91 Å². The second kappa shape index (κ2) is 5.46. The molecule has 1 fully saturated rings. The van der Waals surface area contributed by atoms with E-state index in [2.05, 4.69) is 5.32 Å². The Labute approximate surface area is 133 Å². The summed E-state index contributed by atoms with van der Waals surface area (Å²) in [5.41, 5.74) is 0.548.